The summed E-state index contributed by atoms with van der Waals surface area (Å²) in [6.45, 7) is 8.44. The van der Waals surface area contributed by atoms with Crippen molar-refractivity contribution in [1.29, 1.82) is 0 Å². The van der Waals surface area contributed by atoms with Crippen LogP contribution in [-0.4, -0.2) is 46.0 Å². The van der Waals surface area contributed by atoms with E-state index in [0.29, 0.717) is 12.5 Å². The number of nitrogens with one attached hydrogen (secondary N) is 2. The Morgan fingerprint density at radius 1 is 1.23 bits per heavy atom. The summed E-state index contributed by atoms with van der Waals surface area (Å²) in [6, 6.07) is 8.59. The molecule has 1 unspecified atom stereocenters. The van der Waals surface area contributed by atoms with E-state index in [-0.39, 0.29) is 35.1 Å². The van der Waals surface area contributed by atoms with Crippen LogP contribution < -0.4 is 10.6 Å². The van der Waals surface area contributed by atoms with Crippen LogP contribution in [0.5, 0.6) is 0 Å². The maximum Gasteiger partial charge on any atom is 0.191 e. The molecule has 0 saturated heterocycles. The zero-order chi connectivity index (χ0) is 18.5. The van der Waals surface area contributed by atoms with Gasteiger partial charge in [0.15, 0.2) is 5.96 Å². The van der Waals surface area contributed by atoms with Crippen molar-refractivity contribution >= 4 is 39.8 Å². The number of benzene rings is 1. The first-order valence-corrected chi connectivity index (χ1v) is 11.1. The fourth-order valence-corrected chi connectivity index (χ4v) is 4.42. The standard InChI is InChI=1S/C19H31N3O2S.HI/c1-5-20-18(22-13-19(10-11-19)14-25(4,23)24)21-12-16(3)17-8-6-15(2)7-9-17;/h6-9,16H,5,10-14H2,1-4H3,(H2,20,21,22);1H. The second-order valence-electron chi connectivity index (χ2n) is 7.46. The summed E-state index contributed by atoms with van der Waals surface area (Å²) >= 11 is 0. The predicted octanol–water partition coefficient (Wildman–Crippen LogP) is 3.10. The van der Waals surface area contributed by atoms with E-state index in [1.54, 1.807) is 0 Å². The van der Waals surface area contributed by atoms with Crippen molar-refractivity contribution in [1.82, 2.24) is 10.6 Å². The second-order valence-corrected chi connectivity index (χ2v) is 9.60. The topological polar surface area (TPSA) is 70.6 Å². The molecule has 1 aliphatic carbocycles. The number of rotatable bonds is 8. The molecule has 0 bridgehead atoms. The van der Waals surface area contributed by atoms with Gasteiger partial charge in [-0.25, -0.2) is 8.42 Å². The minimum Gasteiger partial charge on any atom is -0.357 e. The van der Waals surface area contributed by atoms with Crippen LogP contribution in [-0.2, 0) is 9.84 Å². The molecule has 1 fully saturated rings. The molecule has 5 nitrogen and oxygen atoms in total. The van der Waals surface area contributed by atoms with E-state index in [1.807, 2.05) is 6.92 Å². The average Bonchev–Trinajstić information content (AvgIpc) is 3.28. The van der Waals surface area contributed by atoms with Crippen molar-refractivity contribution in [2.24, 2.45) is 10.4 Å². The van der Waals surface area contributed by atoms with Crippen molar-refractivity contribution in [2.75, 3.05) is 31.6 Å². The van der Waals surface area contributed by atoms with Gasteiger partial charge in [0.25, 0.3) is 0 Å². The SMILES string of the molecule is CCNC(=NCC1(CS(C)(=O)=O)CC1)NCC(C)c1ccc(C)cc1.I. The van der Waals surface area contributed by atoms with Crippen LogP contribution in [0.1, 0.15) is 43.7 Å². The molecule has 0 spiro atoms. The number of sulfone groups is 1. The second kappa shape index (κ2) is 9.92. The van der Waals surface area contributed by atoms with E-state index in [1.165, 1.54) is 17.4 Å². The Labute approximate surface area is 175 Å². The van der Waals surface area contributed by atoms with Gasteiger partial charge >= 0.3 is 0 Å². The number of halogens is 1. The Hall–Kier alpha value is -0.830. The number of aryl methyl sites for hydroxylation is 1. The highest BCUT2D eigenvalue weighted by atomic mass is 127. The minimum absolute atomic E-state index is 0. The first-order valence-electron chi connectivity index (χ1n) is 8.99. The fraction of sp³-hybridized carbons (Fsp3) is 0.632. The summed E-state index contributed by atoms with van der Waals surface area (Å²) in [5, 5.41) is 6.64. The highest BCUT2D eigenvalue weighted by molar-refractivity contribution is 14.0. The van der Waals surface area contributed by atoms with E-state index >= 15 is 0 Å². The molecule has 7 heteroatoms. The minimum atomic E-state index is -2.95. The molecule has 0 aliphatic heterocycles. The van der Waals surface area contributed by atoms with Crippen molar-refractivity contribution in [2.45, 2.75) is 39.5 Å². The first-order chi connectivity index (χ1) is 11.7. The van der Waals surface area contributed by atoms with Crippen molar-refractivity contribution in [3.05, 3.63) is 35.4 Å². The van der Waals surface area contributed by atoms with E-state index in [2.05, 4.69) is 53.7 Å². The van der Waals surface area contributed by atoms with Crippen LogP contribution >= 0.6 is 24.0 Å². The number of guanidine groups is 1. The van der Waals surface area contributed by atoms with E-state index < -0.39 is 9.84 Å². The van der Waals surface area contributed by atoms with Gasteiger partial charge in [0, 0.05) is 31.3 Å². The smallest absolute Gasteiger partial charge is 0.191 e. The first kappa shape index (κ1) is 23.2. The number of hydrogen-bond acceptors (Lipinski definition) is 3. The average molecular weight is 493 g/mol. The van der Waals surface area contributed by atoms with Gasteiger partial charge in [-0.1, -0.05) is 36.8 Å². The third kappa shape index (κ3) is 7.82. The van der Waals surface area contributed by atoms with Crippen molar-refractivity contribution in [3.8, 4) is 0 Å². The van der Waals surface area contributed by atoms with Crippen molar-refractivity contribution in [3.63, 3.8) is 0 Å². The predicted molar refractivity (Wildman–Crippen MR) is 120 cm³/mol. The lowest BCUT2D eigenvalue weighted by atomic mass is 10.0. The Balaban J connectivity index is 0.00000338. The molecule has 1 aliphatic rings. The van der Waals surface area contributed by atoms with E-state index in [9.17, 15) is 8.42 Å². The van der Waals surface area contributed by atoms with E-state index in [4.69, 9.17) is 0 Å². The van der Waals surface area contributed by atoms with Gasteiger partial charge in [-0.05, 0) is 38.2 Å². The summed E-state index contributed by atoms with van der Waals surface area (Å²) in [5.41, 5.74) is 2.42. The molecule has 1 atom stereocenters. The molecule has 0 amide bonds. The fourth-order valence-electron chi connectivity index (χ4n) is 2.93. The Morgan fingerprint density at radius 2 is 1.85 bits per heavy atom. The summed E-state index contributed by atoms with van der Waals surface area (Å²) in [7, 11) is -2.95. The van der Waals surface area contributed by atoms with Gasteiger partial charge in [-0.3, -0.25) is 4.99 Å². The Morgan fingerprint density at radius 3 is 2.35 bits per heavy atom. The van der Waals surface area contributed by atoms with Gasteiger partial charge in [0.05, 0.1) is 5.75 Å². The monoisotopic (exact) mass is 493 g/mol. The van der Waals surface area contributed by atoms with Crippen molar-refractivity contribution < 1.29 is 8.42 Å². The van der Waals surface area contributed by atoms with Crippen LogP contribution in [0.3, 0.4) is 0 Å². The summed E-state index contributed by atoms with van der Waals surface area (Å²) in [5.74, 6) is 1.37. The largest absolute Gasteiger partial charge is 0.357 e. The molecule has 148 valence electrons. The van der Waals surface area contributed by atoms with Crippen LogP contribution in [0.15, 0.2) is 29.3 Å². The third-order valence-electron chi connectivity index (χ3n) is 4.66. The highest BCUT2D eigenvalue weighted by Gasteiger charge is 2.45. The molecular formula is C19H32IN3O2S. The number of hydrogen-bond donors (Lipinski definition) is 2. The normalized spacial score (nSPS) is 17.2. The molecule has 0 aromatic heterocycles. The van der Waals surface area contributed by atoms with Gasteiger partial charge in [0.2, 0.25) is 0 Å². The molecule has 1 aromatic rings. The zero-order valence-electron chi connectivity index (χ0n) is 16.2. The van der Waals surface area contributed by atoms with Crippen LogP contribution in [0, 0.1) is 12.3 Å². The highest BCUT2D eigenvalue weighted by Crippen LogP contribution is 2.46. The molecule has 1 aromatic carbocycles. The number of nitrogens with zero attached hydrogens (tertiary/aromatic N) is 1. The van der Waals surface area contributed by atoms with E-state index in [0.717, 1.165) is 31.9 Å². The van der Waals surface area contributed by atoms with Gasteiger partial charge in [0.1, 0.15) is 9.84 Å². The van der Waals surface area contributed by atoms with Crippen LogP contribution in [0.25, 0.3) is 0 Å². The molecule has 2 rings (SSSR count). The maximum absolute atomic E-state index is 11.6. The Kier molecular flexibility index (Phi) is 8.85. The molecule has 0 radical (unpaired) electrons. The molecule has 0 heterocycles. The third-order valence-corrected chi connectivity index (χ3v) is 5.80. The molecule has 26 heavy (non-hydrogen) atoms. The molecule has 1 saturated carbocycles. The lowest BCUT2D eigenvalue weighted by Gasteiger charge is -2.18. The molecular weight excluding hydrogens is 461 g/mol. The Bertz CT molecular complexity index is 698. The molecule has 2 N–H and O–H groups in total. The summed E-state index contributed by atoms with van der Waals surface area (Å²) in [6.07, 6.45) is 3.20. The van der Waals surface area contributed by atoms with Gasteiger partial charge < -0.3 is 10.6 Å². The lowest BCUT2D eigenvalue weighted by Crippen LogP contribution is -2.39. The zero-order valence-corrected chi connectivity index (χ0v) is 19.4. The quantitative estimate of drug-likeness (QED) is 0.332. The van der Waals surface area contributed by atoms with Gasteiger partial charge in [-0.15, -0.1) is 24.0 Å². The van der Waals surface area contributed by atoms with Crippen LogP contribution in [0.4, 0.5) is 0 Å². The number of aliphatic imine (C=N–C) groups is 1. The lowest BCUT2D eigenvalue weighted by molar-refractivity contribution is 0.549. The van der Waals surface area contributed by atoms with Crippen LogP contribution in [0.2, 0.25) is 0 Å². The summed E-state index contributed by atoms with van der Waals surface area (Å²) < 4.78 is 23.1. The maximum atomic E-state index is 11.6. The summed E-state index contributed by atoms with van der Waals surface area (Å²) in [4.78, 5) is 4.64. The van der Waals surface area contributed by atoms with Gasteiger partial charge in [-0.2, -0.15) is 0 Å².